The highest BCUT2D eigenvalue weighted by Crippen LogP contribution is 2.42. The molecule has 2 rings (SSSR count). The summed E-state index contributed by atoms with van der Waals surface area (Å²) in [4.78, 5) is 12.8. The van der Waals surface area contributed by atoms with Gasteiger partial charge in [-0.25, -0.2) is 4.79 Å². The Kier molecular flexibility index (Phi) is 3.47. The Balaban J connectivity index is 2.02. The Morgan fingerprint density at radius 1 is 1.22 bits per heavy atom. The van der Waals surface area contributed by atoms with Crippen molar-refractivity contribution in [1.82, 2.24) is 4.90 Å². The first-order chi connectivity index (χ1) is 8.28. The molecule has 0 aliphatic carbocycles. The van der Waals surface area contributed by atoms with Crippen molar-refractivity contribution in [2.75, 3.05) is 0 Å². The van der Waals surface area contributed by atoms with Crippen LogP contribution in [-0.4, -0.2) is 29.4 Å². The van der Waals surface area contributed by atoms with Gasteiger partial charge in [0.25, 0.3) is 0 Å². The summed E-state index contributed by atoms with van der Waals surface area (Å²) >= 11 is 0. The zero-order valence-corrected chi connectivity index (χ0v) is 10.5. The quantitative estimate of drug-likeness (QED) is 0.725. The molecule has 2 unspecified atom stereocenters. The van der Waals surface area contributed by atoms with Crippen molar-refractivity contribution in [1.29, 1.82) is 0 Å². The molecule has 2 fully saturated rings. The monoisotopic (exact) mass is 265 g/mol. The van der Waals surface area contributed by atoms with Crippen molar-refractivity contribution in [3.05, 3.63) is 0 Å². The van der Waals surface area contributed by atoms with E-state index in [9.17, 15) is 18.0 Å². The largest absolute Gasteiger partial charge is 0.576 e. The third-order valence-corrected chi connectivity index (χ3v) is 4.13. The maximum Gasteiger partial charge on any atom is 0.576 e. The number of alkyl halides is 3. The van der Waals surface area contributed by atoms with Gasteiger partial charge >= 0.3 is 12.5 Å². The predicted octanol–water partition coefficient (Wildman–Crippen LogP) is 3.54. The summed E-state index contributed by atoms with van der Waals surface area (Å²) in [5.74, 6) is 1.01. The minimum absolute atomic E-state index is 0.0778. The molecule has 0 saturated carbocycles. The number of halogens is 3. The number of rotatable bonds is 1. The number of nitrogens with zero attached hydrogens (tertiary/aromatic N) is 1. The molecule has 18 heavy (non-hydrogen) atoms. The van der Waals surface area contributed by atoms with E-state index < -0.39 is 12.5 Å². The minimum atomic E-state index is -4.88. The number of piperidine rings is 1. The van der Waals surface area contributed by atoms with Crippen molar-refractivity contribution in [2.24, 2.45) is 11.8 Å². The number of ether oxygens (including phenoxy) is 1. The number of hydrogen-bond acceptors (Lipinski definition) is 2. The fraction of sp³-hybridized carbons (Fsp3) is 0.917. The maximum atomic E-state index is 12.1. The standard InChI is InChI=1S/C12H18F3NO2/c1-7(2)8-5-9-3-4-10(6-8)16(9)11(17)18-12(13,14)15/h7-10H,3-6H2,1-2H3. The van der Waals surface area contributed by atoms with Crippen molar-refractivity contribution in [3.8, 4) is 0 Å². The Morgan fingerprint density at radius 2 is 1.72 bits per heavy atom. The Labute approximate surface area is 104 Å². The number of amides is 1. The average molecular weight is 265 g/mol. The number of hydrogen-bond donors (Lipinski definition) is 0. The fourth-order valence-corrected chi connectivity index (χ4v) is 3.21. The topological polar surface area (TPSA) is 29.5 Å². The van der Waals surface area contributed by atoms with Gasteiger partial charge in [0.2, 0.25) is 0 Å². The van der Waals surface area contributed by atoms with Crippen LogP contribution in [0.25, 0.3) is 0 Å². The molecule has 0 N–H and O–H groups in total. The van der Waals surface area contributed by atoms with E-state index in [1.807, 2.05) is 0 Å². The zero-order valence-electron chi connectivity index (χ0n) is 10.5. The highest BCUT2D eigenvalue weighted by molar-refractivity contribution is 5.69. The highest BCUT2D eigenvalue weighted by atomic mass is 19.4. The van der Waals surface area contributed by atoms with Crippen LogP contribution in [0.3, 0.4) is 0 Å². The van der Waals surface area contributed by atoms with Gasteiger partial charge in [0.1, 0.15) is 0 Å². The van der Waals surface area contributed by atoms with E-state index in [0.717, 1.165) is 25.7 Å². The molecule has 0 radical (unpaired) electrons. The van der Waals surface area contributed by atoms with Crippen LogP contribution in [0.15, 0.2) is 0 Å². The third-order valence-electron chi connectivity index (χ3n) is 4.13. The van der Waals surface area contributed by atoms with Crippen LogP contribution in [0.4, 0.5) is 18.0 Å². The normalized spacial score (nSPS) is 31.9. The summed E-state index contributed by atoms with van der Waals surface area (Å²) in [6, 6.07) is -0.156. The van der Waals surface area contributed by atoms with E-state index in [4.69, 9.17) is 0 Å². The number of fused-ring (bicyclic) bond motifs is 2. The van der Waals surface area contributed by atoms with E-state index in [1.54, 1.807) is 0 Å². The SMILES string of the molecule is CC(C)C1CC2CCC(C1)N2C(=O)OC(F)(F)F. The first kappa shape index (κ1) is 13.5. The van der Waals surface area contributed by atoms with Gasteiger partial charge in [-0.05, 0) is 37.5 Å². The van der Waals surface area contributed by atoms with Crippen LogP contribution in [0.1, 0.15) is 39.5 Å². The van der Waals surface area contributed by atoms with Crippen LogP contribution >= 0.6 is 0 Å². The van der Waals surface area contributed by atoms with E-state index in [2.05, 4.69) is 18.6 Å². The van der Waals surface area contributed by atoms with E-state index in [-0.39, 0.29) is 12.1 Å². The average Bonchev–Trinajstić information content (AvgIpc) is 2.47. The number of carbonyl (C=O) groups excluding carboxylic acids is 1. The van der Waals surface area contributed by atoms with Crippen LogP contribution in [0.2, 0.25) is 0 Å². The molecule has 2 aliphatic heterocycles. The molecule has 3 nitrogen and oxygen atoms in total. The molecule has 2 aliphatic rings. The second-order valence-corrected chi connectivity index (χ2v) is 5.58. The van der Waals surface area contributed by atoms with Crippen molar-refractivity contribution in [2.45, 2.75) is 58.0 Å². The van der Waals surface area contributed by atoms with Crippen LogP contribution in [0, 0.1) is 11.8 Å². The molecule has 0 aromatic rings. The van der Waals surface area contributed by atoms with E-state index >= 15 is 0 Å². The number of carbonyl (C=O) groups is 1. The molecular weight excluding hydrogens is 247 g/mol. The molecule has 2 atom stereocenters. The van der Waals surface area contributed by atoms with Crippen LogP contribution < -0.4 is 0 Å². The van der Waals surface area contributed by atoms with Gasteiger partial charge < -0.3 is 9.64 Å². The van der Waals surface area contributed by atoms with Gasteiger partial charge in [-0.3, -0.25) is 0 Å². The van der Waals surface area contributed by atoms with Crippen molar-refractivity contribution in [3.63, 3.8) is 0 Å². The van der Waals surface area contributed by atoms with E-state index in [1.165, 1.54) is 4.90 Å². The van der Waals surface area contributed by atoms with E-state index in [0.29, 0.717) is 11.8 Å². The molecule has 2 saturated heterocycles. The predicted molar refractivity (Wildman–Crippen MR) is 58.7 cm³/mol. The maximum absolute atomic E-state index is 12.1. The highest BCUT2D eigenvalue weighted by Gasteiger charge is 2.47. The molecule has 2 bridgehead atoms. The Bertz CT molecular complexity index is 316. The summed E-state index contributed by atoms with van der Waals surface area (Å²) in [6.45, 7) is 4.24. The van der Waals surface area contributed by atoms with Gasteiger partial charge in [-0.15, -0.1) is 13.2 Å². The summed E-state index contributed by atoms with van der Waals surface area (Å²) in [6.07, 6.45) is -2.94. The third kappa shape index (κ3) is 2.72. The molecule has 104 valence electrons. The lowest BCUT2D eigenvalue weighted by Gasteiger charge is -2.39. The zero-order chi connectivity index (χ0) is 13.5. The molecule has 6 heteroatoms. The molecular formula is C12H18F3NO2. The van der Waals surface area contributed by atoms with Crippen LogP contribution in [0.5, 0.6) is 0 Å². The summed E-state index contributed by atoms with van der Waals surface area (Å²) in [5.41, 5.74) is 0. The molecule has 0 aromatic carbocycles. The van der Waals surface area contributed by atoms with Crippen molar-refractivity contribution < 1.29 is 22.7 Å². The fourth-order valence-electron chi connectivity index (χ4n) is 3.21. The first-order valence-corrected chi connectivity index (χ1v) is 6.36. The lowest BCUT2D eigenvalue weighted by atomic mass is 9.83. The second kappa shape index (κ2) is 4.63. The van der Waals surface area contributed by atoms with Gasteiger partial charge in [0.05, 0.1) is 0 Å². The summed E-state index contributed by atoms with van der Waals surface area (Å²) in [7, 11) is 0. The summed E-state index contributed by atoms with van der Waals surface area (Å²) in [5, 5.41) is 0. The van der Waals surface area contributed by atoms with Gasteiger partial charge in [0, 0.05) is 12.1 Å². The second-order valence-electron chi connectivity index (χ2n) is 5.58. The lowest BCUT2D eigenvalue weighted by Crippen LogP contribution is -2.48. The smallest absolute Gasteiger partial charge is 0.356 e. The van der Waals surface area contributed by atoms with Gasteiger partial charge in [-0.2, -0.15) is 0 Å². The lowest BCUT2D eigenvalue weighted by molar-refractivity contribution is -0.295. The Morgan fingerprint density at radius 3 is 2.11 bits per heavy atom. The van der Waals surface area contributed by atoms with Gasteiger partial charge in [-0.1, -0.05) is 13.8 Å². The van der Waals surface area contributed by atoms with Gasteiger partial charge in [0.15, 0.2) is 0 Å². The summed E-state index contributed by atoms with van der Waals surface area (Å²) < 4.78 is 39.8. The molecule has 1 amide bonds. The first-order valence-electron chi connectivity index (χ1n) is 6.36. The molecule has 0 spiro atoms. The molecule has 2 heterocycles. The Hall–Kier alpha value is -0.940. The van der Waals surface area contributed by atoms with Crippen molar-refractivity contribution >= 4 is 6.09 Å². The molecule has 0 aromatic heterocycles. The minimum Gasteiger partial charge on any atom is -0.356 e. The van der Waals surface area contributed by atoms with Crippen LogP contribution in [-0.2, 0) is 4.74 Å².